The van der Waals surface area contributed by atoms with Crippen LogP contribution < -0.4 is 5.32 Å². The van der Waals surface area contributed by atoms with E-state index in [2.05, 4.69) is 5.32 Å². The topological polar surface area (TPSA) is 55.4 Å². The molecule has 0 aliphatic rings. The molecule has 0 bridgehead atoms. The van der Waals surface area contributed by atoms with E-state index in [-0.39, 0.29) is 18.3 Å². The van der Waals surface area contributed by atoms with Gasteiger partial charge >= 0.3 is 5.97 Å². The molecule has 22 heavy (non-hydrogen) atoms. The highest BCUT2D eigenvalue weighted by Crippen LogP contribution is 2.05. The minimum atomic E-state index is -0.581. The summed E-state index contributed by atoms with van der Waals surface area (Å²) < 4.78 is 5.29. The Bertz CT molecular complexity index is 616. The van der Waals surface area contributed by atoms with Crippen LogP contribution in [0.5, 0.6) is 0 Å². The van der Waals surface area contributed by atoms with E-state index in [0.717, 1.165) is 0 Å². The van der Waals surface area contributed by atoms with Crippen molar-refractivity contribution in [1.82, 2.24) is 5.32 Å². The first-order valence-corrected chi connectivity index (χ1v) is 7.39. The molecule has 0 aromatic heterocycles. The van der Waals surface area contributed by atoms with E-state index in [4.69, 9.17) is 16.3 Å². The largest absolute Gasteiger partial charge is 0.456 e. The highest BCUT2D eigenvalue weighted by molar-refractivity contribution is 6.18. The van der Waals surface area contributed by atoms with Gasteiger partial charge in [-0.05, 0) is 24.3 Å². The summed E-state index contributed by atoms with van der Waals surface area (Å²) in [4.78, 5) is 23.9. The van der Waals surface area contributed by atoms with Crippen molar-refractivity contribution in [3.8, 4) is 0 Å². The van der Waals surface area contributed by atoms with Gasteiger partial charge in [0, 0.05) is 5.56 Å². The third-order valence-electron chi connectivity index (χ3n) is 2.98. The number of carbonyl (C=O) groups is 2. The summed E-state index contributed by atoms with van der Waals surface area (Å²) in [6.45, 7) is 0.163. The van der Waals surface area contributed by atoms with E-state index in [0.29, 0.717) is 11.1 Å². The summed E-state index contributed by atoms with van der Waals surface area (Å²) in [5, 5.41) is 2.71. The standard InChI is InChI=1S/C17H16ClNO3/c18-11-15(22-17(21)14-9-5-2-6-10-14)12-19-16(20)13-7-3-1-4-8-13/h1-10,15H,11-12H2,(H,19,20). The number of carbonyl (C=O) groups excluding carboxylic acids is 2. The molecule has 0 aliphatic carbocycles. The van der Waals surface area contributed by atoms with E-state index >= 15 is 0 Å². The summed E-state index contributed by atoms with van der Waals surface area (Å²) in [7, 11) is 0. The molecule has 0 aliphatic heterocycles. The quantitative estimate of drug-likeness (QED) is 0.658. The zero-order chi connectivity index (χ0) is 15.8. The maximum absolute atomic E-state index is 11.9. The van der Waals surface area contributed by atoms with Crippen LogP contribution in [0.1, 0.15) is 20.7 Å². The smallest absolute Gasteiger partial charge is 0.338 e. The lowest BCUT2D eigenvalue weighted by molar-refractivity contribution is 0.0344. The molecule has 0 spiro atoms. The molecule has 0 radical (unpaired) electrons. The van der Waals surface area contributed by atoms with Crippen molar-refractivity contribution >= 4 is 23.5 Å². The van der Waals surface area contributed by atoms with Gasteiger partial charge in [0.05, 0.1) is 18.0 Å². The van der Waals surface area contributed by atoms with Gasteiger partial charge in [-0.3, -0.25) is 4.79 Å². The van der Waals surface area contributed by atoms with Crippen molar-refractivity contribution in [1.29, 1.82) is 0 Å². The van der Waals surface area contributed by atoms with Gasteiger partial charge in [0.2, 0.25) is 0 Å². The zero-order valence-electron chi connectivity index (χ0n) is 11.9. The number of rotatable bonds is 6. The van der Waals surface area contributed by atoms with Crippen molar-refractivity contribution in [3.63, 3.8) is 0 Å². The Morgan fingerprint density at radius 2 is 1.50 bits per heavy atom. The molecule has 1 unspecified atom stereocenters. The Morgan fingerprint density at radius 1 is 0.955 bits per heavy atom. The van der Waals surface area contributed by atoms with E-state index < -0.39 is 12.1 Å². The summed E-state index contributed by atoms with van der Waals surface area (Å²) in [5.74, 6) is -0.583. The van der Waals surface area contributed by atoms with Gasteiger partial charge in [-0.25, -0.2) is 4.79 Å². The van der Waals surface area contributed by atoms with Crippen LogP contribution in [0, 0.1) is 0 Å². The summed E-state index contributed by atoms with van der Waals surface area (Å²) in [6, 6.07) is 17.5. The normalized spacial score (nSPS) is 11.5. The van der Waals surface area contributed by atoms with E-state index in [1.807, 2.05) is 12.1 Å². The zero-order valence-corrected chi connectivity index (χ0v) is 12.6. The number of ether oxygens (including phenoxy) is 1. The fourth-order valence-electron chi connectivity index (χ4n) is 1.82. The van der Waals surface area contributed by atoms with Crippen LogP contribution in [0.4, 0.5) is 0 Å². The van der Waals surface area contributed by atoms with Crippen LogP contribution in [0.15, 0.2) is 60.7 Å². The minimum Gasteiger partial charge on any atom is -0.456 e. The van der Waals surface area contributed by atoms with E-state index in [1.165, 1.54) is 0 Å². The molecule has 1 N–H and O–H groups in total. The third kappa shape index (κ3) is 4.60. The average Bonchev–Trinajstić information content (AvgIpc) is 2.59. The molecule has 5 heteroatoms. The molecule has 2 rings (SSSR count). The summed E-state index contributed by atoms with van der Waals surface area (Å²) in [6.07, 6.45) is -0.581. The second-order valence-electron chi connectivity index (χ2n) is 4.62. The molecule has 0 heterocycles. The van der Waals surface area contributed by atoms with Crippen molar-refractivity contribution < 1.29 is 14.3 Å². The molecule has 114 valence electrons. The average molecular weight is 318 g/mol. The third-order valence-corrected chi connectivity index (χ3v) is 3.33. The minimum absolute atomic E-state index is 0.105. The molecule has 1 amide bonds. The Labute approximate surface area is 134 Å². The van der Waals surface area contributed by atoms with Gasteiger partial charge in [0.1, 0.15) is 6.10 Å². The number of amides is 1. The number of hydrogen-bond donors (Lipinski definition) is 1. The van der Waals surface area contributed by atoms with Gasteiger partial charge in [0.15, 0.2) is 0 Å². The Morgan fingerprint density at radius 3 is 2.05 bits per heavy atom. The van der Waals surface area contributed by atoms with Crippen LogP contribution >= 0.6 is 11.6 Å². The Kier molecular flexibility index (Phi) is 5.98. The fraction of sp³-hybridized carbons (Fsp3) is 0.176. The summed E-state index contributed by atoms with van der Waals surface area (Å²) >= 11 is 5.80. The van der Waals surface area contributed by atoms with Gasteiger partial charge in [0.25, 0.3) is 5.91 Å². The van der Waals surface area contributed by atoms with Crippen molar-refractivity contribution in [2.24, 2.45) is 0 Å². The predicted molar refractivity (Wildman–Crippen MR) is 85.1 cm³/mol. The van der Waals surface area contributed by atoms with E-state index in [9.17, 15) is 9.59 Å². The molecule has 2 aromatic rings. The Balaban J connectivity index is 1.87. The maximum atomic E-state index is 11.9. The lowest BCUT2D eigenvalue weighted by Gasteiger charge is -2.16. The van der Waals surface area contributed by atoms with Crippen molar-refractivity contribution in [3.05, 3.63) is 71.8 Å². The predicted octanol–water partition coefficient (Wildman–Crippen LogP) is 2.88. The molecule has 1 atom stereocenters. The molecular formula is C17H16ClNO3. The number of alkyl halides is 1. The SMILES string of the molecule is O=C(NCC(CCl)OC(=O)c1ccccc1)c1ccccc1. The number of esters is 1. The first-order valence-electron chi connectivity index (χ1n) is 6.86. The monoisotopic (exact) mass is 317 g/mol. The van der Waals surface area contributed by atoms with Crippen LogP contribution in [0.3, 0.4) is 0 Å². The molecule has 0 fully saturated rings. The highest BCUT2D eigenvalue weighted by Gasteiger charge is 2.16. The van der Waals surface area contributed by atoms with Gasteiger partial charge < -0.3 is 10.1 Å². The molecule has 2 aromatic carbocycles. The second-order valence-corrected chi connectivity index (χ2v) is 4.93. The second kappa shape index (κ2) is 8.20. The van der Waals surface area contributed by atoms with Crippen molar-refractivity contribution in [2.45, 2.75) is 6.10 Å². The lowest BCUT2D eigenvalue weighted by atomic mass is 10.2. The Hall–Kier alpha value is -2.33. The molecular weight excluding hydrogens is 302 g/mol. The summed E-state index contributed by atoms with van der Waals surface area (Å²) in [5.41, 5.74) is 0.997. The first-order chi connectivity index (χ1) is 10.7. The van der Waals surface area contributed by atoms with Crippen LogP contribution in [-0.2, 0) is 4.74 Å². The van der Waals surface area contributed by atoms with Gasteiger partial charge in [-0.1, -0.05) is 36.4 Å². The van der Waals surface area contributed by atoms with E-state index in [1.54, 1.807) is 48.5 Å². The van der Waals surface area contributed by atoms with Crippen LogP contribution in [0.25, 0.3) is 0 Å². The lowest BCUT2D eigenvalue weighted by Crippen LogP contribution is -2.36. The van der Waals surface area contributed by atoms with Gasteiger partial charge in [-0.15, -0.1) is 11.6 Å². The maximum Gasteiger partial charge on any atom is 0.338 e. The first kappa shape index (κ1) is 16.0. The number of halogens is 1. The number of nitrogens with one attached hydrogen (secondary N) is 1. The van der Waals surface area contributed by atoms with Gasteiger partial charge in [-0.2, -0.15) is 0 Å². The highest BCUT2D eigenvalue weighted by atomic mass is 35.5. The molecule has 4 nitrogen and oxygen atoms in total. The number of hydrogen-bond acceptors (Lipinski definition) is 3. The number of benzene rings is 2. The molecule has 0 saturated carbocycles. The van der Waals surface area contributed by atoms with Crippen molar-refractivity contribution in [2.75, 3.05) is 12.4 Å². The fourth-order valence-corrected chi connectivity index (χ4v) is 1.99. The molecule has 0 saturated heterocycles. The van der Waals surface area contributed by atoms with Crippen LogP contribution in [0.2, 0.25) is 0 Å². The van der Waals surface area contributed by atoms with Crippen LogP contribution in [-0.4, -0.2) is 30.4 Å².